The van der Waals surface area contributed by atoms with E-state index in [2.05, 4.69) is 15.5 Å². The van der Waals surface area contributed by atoms with Crippen LogP contribution in [0.3, 0.4) is 0 Å². The van der Waals surface area contributed by atoms with Crippen molar-refractivity contribution in [1.29, 1.82) is 0 Å². The molecule has 0 atom stereocenters. The largest absolute Gasteiger partial charge is 0.372 e. The van der Waals surface area contributed by atoms with E-state index in [1.54, 1.807) is 13.1 Å². The molecule has 0 radical (unpaired) electrons. The Morgan fingerprint density at radius 1 is 1.27 bits per heavy atom. The zero-order valence-corrected chi connectivity index (χ0v) is 8.01. The summed E-state index contributed by atoms with van der Waals surface area (Å²) in [4.78, 5) is 0. The normalized spacial score (nSPS) is 10.3. The lowest BCUT2D eigenvalue weighted by Gasteiger charge is -1.99. The van der Waals surface area contributed by atoms with Crippen molar-refractivity contribution in [1.82, 2.24) is 10.2 Å². The molecule has 2 rings (SSSR count). The molecule has 1 aromatic heterocycles. The van der Waals surface area contributed by atoms with Crippen molar-refractivity contribution in [2.75, 3.05) is 12.4 Å². The zero-order chi connectivity index (χ0) is 10.8. The van der Waals surface area contributed by atoms with Gasteiger partial charge in [0.05, 0.1) is 5.69 Å². The van der Waals surface area contributed by atoms with Crippen molar-refractivity contribution in [3.8, 4) is 11.3 Å². The highest BCUT2D eigenvalue weighted by atomic mass is 19.1. The first-order valence-corrected chi connectivity index (χ1v) is 4.39. The van der Waals surface area contributed by atoms with Crippen LogP contribution in [0.2, 0.25) is 0 Å². The Balaban J connectivity index is 2.48. The van der Waals surface area contributed by atoms with Gasteiger partial charge in [-0.2, -0.15) is 5.10 Å². The first kappa shape index (κ1) is 9.64. The molecule has 0 saturated carbocycles. The molecular weight excluding hydrogens is 200 g/mol. The van der Waals surface area contributed by atoms with Crippen molar-refractivity contribution in [2.24, 2.45) is 0 Å². The second-order valence-corrected chi connectivity index (χ2v) is 3.04. The third-order valence-electron chi connectivity index (χ3n) is 2.05. The maximum Gasteiger partial charge on any atom is 0.148 e. The van der Waals surface area contributed by atoms with E-state index in [9.17, 15) is 8.78 Å². The summed E-state index contributed by atoms with van der Waals surface area (Å²) in [6.07, 6.45) is 0. The van der Waals surface area contributed by atoms with Crippen molar-refractivity contribution in [2.45, 2.75) is 0 Å². The first-order valence-electron chi connectivity index (χ1n) is 4.39. The van der Waals surface area contributed by atoms with Crippen LogP contribution in [0.5, 0.6) is 0 Å². The van der Waals surface area contributed by atoms with Crippen LogP contribution in [0, 0.1) is 11.6 Å². The van der Waals surface area contributed by atoms with Crippen LogP contribution >= 0.6 is 0 Å². The van der Waals surface area contributed by atoms with Crippen LogP contribution in [0.1, 0.15) is 0 Å². The van der Waals surface area contributed by atoms with Crippen LogP contribution in [0.15, 0.2) is 24.3 Å². The first-order chi connectivity index (χ1) is 7.20. The van der Waals surface area contributed by atoms with Gasteiger partial charge < -0.3 is 5.32 Å². The van der Waals surface area contributed by atoms with Gasteiger partial charge in [0.25, 0.3) is 0 Å². The molecule has 0 bridgehead atoms. The van der Waals surface area contributed by atoms with Crippen molar-refractivity contribution < 1.29 is 8.78 Å². The van der Waals surface area contributed by atoms with E-state index >= 15 is 0 Å². The smallest absolute Gasteiger partial charge is 0.148 e. The highest BCUT2D eigenvalue weighted by Gasteiger charge is 2.09. The topological polar surface area (TPSA) is 40.7 Å². The van der Waals surface area contributed by atoms with E-state index in [-0.39, 0.29) is 5.56 Å². The zero-order valence-electron chi connectivity index (χ0n) is 8.01. The van der Waals surface area contributed by atoms with Crippen LogP contribution in [-0.2, 0) is 0 Å². The monoisotopic (exact) mass is 209 g/mol. The minimum Gasteiger partial charge on any atom is -0.372 e. The van der Waals surface area contributed by atoms with Gasteiger partial charge in [-0.1, -0.05) is 0 Å². The fourth-order valence-corrected chi connectivity index (χ4v) is 1.29. The van der Waals surface area contributed by atoms with Crippen molar-refractivity contribution >= 4 is 5.82 Å². The Morgan fingerprint density at radius 3 is 2.73 bits per heavy atom. The molecule has 0 aliphatic heterocycles. The summed E-state index contributed by atoms with van der Waals surface area (Å²) in [6, 6.07) is 4.90. The molecule has 0 unspecified atom stereocenters. The number of nitrogens with one attached hydrogen (secondary N) is 2. The molecule has 0 aliphatic rings. The lowest BCUT2D eigenvalue weighted by atomic mass is 10.1. The summed E-state index contributed by atoms with van der Waals surface area (Å²) in [5.41, 5.74) is 0.611. The standard InChI is InChI=1S/C10H9F2N3/c1-13-10-5-9(14-15-10)7-4-6(11)2-3-8(7)12/h2-5H,1H3,(H2,13,14,15). The number of hydrogen-bond donors (Lipinski definition) is 2. The minimum atomic E-state index is -0.484. The lowest BCUT2D eigenvalue weighted by Crippen LogP contribution is -1.86. The second kappa shape index (κ2) is 3.68. The third kappa shape index (κ3) is 1.81. The molecule has 1 heterocycles. The molecule has 78 valence electrons. The number of benzene rings is 1. The minimum absolute atomic E-state index is 0.170. The molecule has 5 heteroatoms. The average Bonchev–Trinajstić information content (AvgIpc) is 2.70. The predicted octanol–water partition coefficient (Wildman–Crippen LogP) is 2.40. The van der Waals surface area contributed by atoms with E-state index in [0.717, 1.165) is 18.2 Å². The Morgan fingerprint density at radius 2 is 2.07 bits per heavy atom. The predicted molar refractivity (Wildman–Crippen MR) is 53.5 cm³/mol. The Kier molecular flexibility index (Phi) is 2.37. The summed E-state index contributed by atoms with van der Waals surface area (Å²) in [6.45, 7) is 0. The molecular formula is C10H9F2N3. The fourth-order valence-electron chi connectivity index (χ4n) is 1.29. The third-order valence-corrected chi connectivity index (χ3v) is 2.05. The Labute approximate surface area is 85.1 Å². The molecule has 0 spiro atoms. The van der Waals surface area contributed by atoms with Crippen LogP contribution in [0.4, 0.5) is 14.6 Å². The van der Waals surface area contributed by atoms with Gasteiger partial charge in [-0.05, 0) is 18.2 Å². The number of aromatic nitrogens is 2. The van der Waals surface area contributed by atoms with E-state index < -0.39 is 11.6 Å². The highest BCUT2D eigenvalue weighted by Crippen LogP contribution is 2.23. The van der Waals surface area contributed by atoms with E-state index in [0.29, 0.717) is 11.5 Å². The SMILES string of the molecule is CNc1cc(-c2cc(F)ccc2F)[nH]n1. The maximum absolute atomic E-state index is 13.3. The van der Waals surface area contributed by atoms with Crippen LogP contribution in [0.25, 0.3) is 11.3 Å². The Hall–Kier alpha value is -1.91. The molecule has 0 amide bonds. The van der Waals surface area contributed by atoms with Gasteiger partial charge in [-0.3, -0.25) is 5.10 Å². The maximum atomic E-state index is 13.3. The van der Waals surface area contributed by atoms with Gasteiger partial charge >= 0.3 is 0 Å². The summed E-state index contributed by atoms with van der Waals surface area (Å²) < 4.78 is 26.2. The van der Waals surface area contributed by atoms with Gasteiger partial charge in [0.1, 0.15) is 17.5 Å². The lowest BCUT2D eigenvalue weighted by molar-refractivity contribution is 0.602. The number of rotatable bonds is 2. The second-order valence-electron chi connectivity index (χ2n) is 3.04. The number of aromatic amines is 1. The van der Waals surface area contributed by atoms with Crippen LogP contribution < -0.4 is 5.32 Å². The summed E-state index contributed by atoms with van der Waals surface area (Å²) in [7, 11) is 1.70. The van der Waals surface area contributed by atoms with Gasteiger partial charge in [0.15, 0.2) is 0 Å². The average molecular weight is 209 g/mol. The van der Waals surface area contributed by atoms with Gasteiger partial charge in [-0.25, -0.2) is 8.78 Å². The van der Waals surface area contributed by atoms with Gasteiger partial charge in [0.2, 0.25) is 0 Å². The van der Waals surface area contributed by atoms with Gasteiger partial charge in [0, 0.05) is 18.7 Å². The molecule has 1 aromatic carbocycles. The molecule has 2 N–H and O–H groups in total. The summed E-state index contributed by atoms with van der Waals surface area (Å²) in [5, 5.41) is 9.27. The quantitative estimate of drug-likeness (QED) is 0.797. The number of anilines is 1. The van der Waals surface area contributed by atoms with Gasteiger partial charge in [-0.15, -0.1) is 0 Å². The number of nitrogens with zero attached hydrogens (tertiary/aromatic N) is 1. The van der Waals surface area contributed by atoms with E-state index in [4.69, 9.17) is 0 Å². The van der Waals surface area contributed by atoms with E-state index in [1.165, 1.54) is 0 Å². The number of hydrogen-bond acceptors (Lipinski definition) is 2. The number of H-pyrrole nitrogens is 1. The Bertz CT molecular complexity index is 479. The number of halogens is 2. The molecule has 0 fully saturated rings. The van der Waals surface area contributed by atoms with Crippen molar-refractivity contribution in [3.05, 3.63) is 35.9 Å². The summed E-state index contributed by atoms with van der Waals surface area (Å²) in [5.74, 6) is -0.386. The van der Waals surface area contributed by atoms with Crippen LogP contribution in [-0.4, -0.2) is 17.2 Å². The highest BCUT2D eigenvalue weighted by molar-refractivity contribution is 5.63. The summed E-state index contributed by atoms with van der Waals surface area (Å²) >= 11 is 0. The van der Waals surface area contributed by atoms with E-state index in [1.807, 2.05) is 0 Å². The molecule has 2 aromatic rings. The fraction of sp³-hybridized carbons (Fsp3) is 0.100. The molecule has 15 heavy (non-hydrogen) atoms. The molecule has 0 saturated heterocycles. The van der Waals surface area contributed by atoms with Crippen molar-refractivity contribution in [3.63, 3.8) is 0 Å². The molecule has 0 aliphatic carbocycles. The molecule has 3 nitrogen and oxygen atoms in total.